The lowest BCUT2D eigenvalue weighted by atomic mass is 10.1. The number of anilines is 2. The summed E-state index contributed by atoms with van der Waals surface area (Å²) in [6.07, 6.45) is 1.35. The molecule has 0 spiro atoms. The Morgan fingerprint density at radius 2 is 1.93 bits per heavy atom. The molecule has 0 fully saturated rings. The van der Waals surface area contributed by atoms with Gasteiger partial charge in [-0.3, -0.25) is 4.72 Å². The molecule has 0 bridgehead atoms. The third-order valence-corrected chi connectivity index (χ3v) is 5.33. The molecule has 8 heteroatoms. The van der Waals surface area contributed by atoms with Crippen molar-refractivity contribution in [2.45, 2.75) is 4.90 Å². The standard InChI is InChI=1S/C19H17FN4O2S/c1-24(2)15-5-3-4-14(9-15)19-10-16(12-22-19)27(25,26)23-18-7-6-13(11-21)8-17(18)20/h3-10,12,22-23H,1-2H3. The number of sulfonamides is 1. The molecule has 3 aromatic rings. The summed E-state index contributed by atoms with van der Waals surface area (Å²) in [7, 11) is -0.151. The Morgan fingerprint density at radius 3 is 2.59 bits per heavy atom. The van der Waals surface area contributed by atoms with E-state index in [0.29, 0.717) is 5.69 Å². The third-order valence-electron chi connectivity index (χ3n) is 3.98. The zero-order valence-corrected chi connectivity index (χ0v) is 15.5. The van der Waals surface area contributed by atoms with Crippen LogP contribution < -0.4 is 9.62 Å². The van der Waals surface area contributed by atoms with Crippen LogP contribution >= 0.6 is 0 Å². The van der Waals surface area contributed by atoms with Crippen LogP contribution in [0.4, 0.5) is 15.8 Å². The molecule has 0 amide bonds. The number of H-pyrrole nitrogens is 1. The highest BCUT2D eigenvalue weighted by molar-refractivity contribution is 7.92. The maximum atomic E-state index is 14.0. The van der Waals surface area contributed by atoms with Crippen molar-refractivity contribution in [1.82, 2.24) is 4.98 Å². The van der Waals surface area contributed by atoms with Crippen LogP contribution in [-0.2, 0) is 10.0 Å². The van der Waals surface area contributed by atoms with Gasteiger partial charge >= 0.3 is 0 Å². The molecule has 3 rings (SSSR count). The van der Waals surface area contributed by atoms with E-state index < -0.39 is 15.8 Å². The highest BCUT2D eigenvalue weighted by Crippen LogP contribution is 2.26. The zero-order chi connectivity index (χ0) is 19.6. The first kappa shape index (κ1) is 18.5. The first-order valence-electron chi connectivity index (χ1n) is 7.99. The molecule has 2 aromatic carbocycles. The molecule has 0 saturated heterocycles. The van der Waals surface area contributed by atoms with E-state index >= 15 is 0 Å². The molecule has 2 N–H and O–H groups in total. The summed E-state index contributed by atoms with van der Waals surface area (Å²) in [5, 5.41) is 8.77. The average molecular weight is 384 g/mol. The zero-order valence-electron chi connectivity index (χ0n) is 14.7. The van der Waals surface area contributed by atoms with Gasteiger partial charge in [0.05, 0.1) is 17.3 Å². The number of hydrogen-bond acceptors (Lipinski definition) is 4. The van der Waals surface area contributed by atoms with Crippen LogP contribution in [0.15, 0.2) is 59.6 Å². The molecule has 0 radical (unpaired) electrons. The summed E-state index contributed by atoms with van der Waals surface area (Å²) in [5.74, 6) is -0.813. The molecule has 0 unspecified atom stereocenters. The van der Waals surface area contributed by atoms with Crippen molar-refractivity contribution in [2.24, 2.45) is 0 Å². The summed E-state index contributed by atoms with van der Waals surface area (Å²) in [6.45, 7) is 0. The molecule has 1 heterocycles. The van der Waals surface area contributed by atoms with Gasteiger partial charge in [0.25, 0.3) is 10.0 Å². The summed E-state index contributed by atoms with van der Waals surface area (Å²) in [4.78, 5) is 4.87. The molecule has 0 saturated carbocycles. The molecular weight excluding hydrogens is 367 g/mol. The van der Waals surface area contributed by atoms with E-state index in [0.717, 1.165) is 17.3 Å². The van der Waals surface area contributed by atoms with Crippen molar-refractivity contribution >= 4 is 21.4 Å². The van der Waals surface area contributed by atoms with Crippen molar-refractivity contribution in [3.05, 3.63) is 66.1 Å². The normalized spacial score (nSPS) is 11.0. The van der Waals surface area contributed by atoms with Gasteiger partial charge in [0.15, 0.2) is 0 Å². The minimum absolute atomic E-state index is 0.0171. The Morgan fingerprint density at radius 1 is 1.15 bits per heavy atom. The quantitative estimate of drug-likeness (QED) is 0.704. The first-order chi connectivity index (χ1) is 12.8. The van der Waals surface area contributed by atoms with Crippen molar-refractivity contribution < 1.29 is 12.8 Å². The second-order valence-electron chi connectivity index (χ2n) is 6.11. The fraction of sp³-hybridized carbons (Fsp3) is 0.105. The number of hydrogen-bond donors (Lipinski definition) is 2. The van der Waals surface area contributed by atoms with Crippen molar-refractivity contribution in [1.29, 1.82) is 5.26 Å². The predicted molar refractivity (Wildman–Crippen MR) is 102 cm³/mol. The molecular formula is C19H17FN4O2S. The smallest absolute Gasteiger partial charge is 0.263 e. The Kier molecular flexibility index (Phi) is 4.88. The number of aromatic nitrogens is 1. The lowest BCUT2D eigenvalue weighted by Gasteiger charge is -2.13. The number of halogens is 1. The molecule has 27 heavy (non-hydrogen) atoms. The van der Waals surface area contributed by atoms with Gasteiger partial charge in [-0.1, -0.05) is 12.1 Å². The highest BCUT2D eigenvalue weighted by Gasteiger charge is 2.19. The van der Waals surface area contributed by atoms with E-state index in [1.54, 1.807) is 6.07 Å². The van der Waals surface area contributed by atoms with E-state index in [1.165, 1.54) is 24.4 Å². The Bertz CT molecular complexity index is 1130. The van der Waals surface area contributed by atoms with E-state index in [4.69, 9.17) is 5.26 Å². The SMILES string of the molecule is CN(C)c1cccc(-c2cc(S(=O)(=O)Nc3ccc(C#N)cc3F)c[nH]2)c1. The molecule has 0 aliphatic carbocycles. The van der Waals surface area contributed by atoms with Crippen molar-refractivity contribution in [2.75, 3.05) is 23.7 Å². The molecule has 0 aliphatic heterocycles. The molecule has 138 valence electrons. The number of benzene rings is 2. The van der Waals surface area contributed by atoms with Crippen LogP contribution in [0.1, 0.15) is 5.56 Å². The largest absolute Gasteiger partial charge is 0.378 e. The second kappa shape index (κ2) is 7.13. The molecule has 0 atom stereocenters. The fourth-order valence-electron chi connectivity index (χ4n) is 2.52. The highest BCUT2D eigenvalue weighted by atomic mass is 32.2. The monoisotopic (exact) mass is 384 g/mol. The van der Waals surface area contributed by atoms with Crippen molar-refractivity contribution in [3.63, 3.8) is 0 Å². The van der Waals surface area contributed by atoms with Crippen LogP contribution in [0.25, 0.3) is 11.3 Å². The van der Waals surface area contributed by atoms with E-state index in [-0.39, 0.29) is 16.1 Å². The van der Waals surface area contributed by atoms with Gasteiger partial charge in [0, 0.05) is 37.2 Å². The second-order valence-corrected chi connectivity index (χ2v) is 7.79. The lowest BCUT2D eigenvalue weighted by molar-refractivity contribution is 0.598. The number of rotatable bonds is 5. The third kappa shape index (κ3) is 3.93. The van der Waals surface area contributed by atoms with E-state index in [1.807, 2.05) is 43.3 Å². The predicted octanol–water partition coefficient (Wildman–Crippen LogP) is 3.56. The van der Waals surface area contributed by atoms with Gasteiger partial charge in [0.2, 0.25) is 0 Å². The van der Waals surface area contributed by atoms with Crippen LogP contribution in [-0.4, -0.2) is 27.5 Å². The van der Waals surface area contributed by atoms with Gasteiger partial charge in [-0.25, -0.2) is 12.8 Å². The summed E-state index contributed by atoms with van der Waals surface area (Å²) >= 11 is 0. The minimum atomic E-state index is -3.98. The van der Waals surface area contributed by atoms with Gasteiger partial charge in [-0.15, -0.1) is 0 Å². The number of nitrogens with zero attached hydrogens (tertiary/aromatic N) is 2. The van der Waals surface area contributed by atoms with Crippen LogP contribution in [0.2, 0.25) is 0 Å². The number of nitrogens with one attached hydrogen (secondary N) is 2. The maximum Gasteiger partial charge on any atom is 0.263 e. The van der Waals surface area contributed by atoms with Crippen molar-refractivity contribution in [3.8, 4) is 17.3 Å². The van der Waals surface area contributed by atoms with Gasteiger partial charge in [-0.05, 0) is 36.4 Å². The van der Waals surface area contributed by atoms with Gasteiger partial charge in [0.1, 0.15) is 10.7 Å². The molecule has 0 aliphatic rings. The fourth-order valence-corrected chi connectivity index (χ4v) is 3.58. The number of aromatic amines is 1. The van der Waals surface area contributed by atoms with Gasteiger partial charge < -0.3 is 9.88 Å². The Balaban J connectivity index is 1.89. The Hall–Kier alpha value is -3.31. The summed E-state index contributed by atoms with van der Waals surface area (Å²) in [6, 6.07) is 14.4. The topological polar surface area (TPSA) is 89.0 Å². The molecule has 1 aromatic heterocycles. The average Bonchev–Trinajstić information content (AvgIpc) is 3.14. The van der Waals surface area contributed by atoms with Crippen LogP contribution in [0.3, 0.4) is 0 Å². The van der Waals surface area contributed by atoms with Crippen LogP contribution in [0.5, 0.6) is 0 Å². The first-order valence-corrected chi connectivity index (χ1v) is 9.47. The van der Waals surface area contributed by atoms with E-state index in [2.05, 4.69) is 9.71 Å². The number of nitriles is 1. The van der Waals surface area contributed by atoms with E-state index in [9.17, 15) is 12.8 Å². The summed E-state index contributed by atoms with van der Waals surface area (Å²) in [5.41, 5.74) is 2.32. The minimum Gasteiger partial charge on any atom is -0.378 e. The lowest BCUT2D eigenvalue weighted by Crippen LogP contribution is -2.13. The van der Waals surface area contributed by atoms with Gasteiger partial charge in [-0.2, -0.15) is 5.26 Å². The van der Waals surface area contributed by atoms with Crippen LogP contribution in [0, 0.1) is 17.1 Å². The molecule has 6 nitrogen and oxygen atoms in total. The maximum absolute atomic E-state index is 14.0. The summed E-state index contributed by atoms with van der Waals surface area (Å²) < 4.78 is 41.3. The Labute approximate surface area is 156 Å².